The van der Waals surface area contributed by atoms with Crippen molar-refractivity contribution in [1.29, 1.82) is 10.5 Å². The second-order valence-electron chi connectivity index (χ2n) is 4.99. The SMILES string of the molecule is [C-]#[N+]C([N+]#[C-])=c1c2ccccc2c(=C(C#N)C#N)c2ccccc12. The van der Waals surface area contributed by atoms with Crippen LogP contribution in [0.5, 0.6) is 0 Å². The van der Waals surface area contributed by atoms with Gasteiger partial charge in [0.25, 0.3) is 0 Å². The Morgan fingerprint density at radius 2 is 1.08 bits per heavy atom. The van der Waals surface area contributed by atoms with Gasteiger partial charge in [0, 0.05) is 5.22 Å². The fourth-order valence-corrected chi connectivity index (χ4v) is 2.91. The highest BCUT2D eigenvalue weighted by atomic mass is 14.9. The fourth-order valence-electron chi connectivity index (χ4n) is 2.91. The predicted molar refractivity (Wildman–Crippen MR) is 92.0 cm³/mol. The maximum Gasteiger partial charge on any atom is 0.527 e. The topological polar surface area (TPSA) is 56.3 Å². The zero-order chi connectivity index (χ0) is 17.1. The molecular weight excluding hydrogens is 296 g/mol. The quantitative estimate of drug-likeness (QED) is 0.473. The maximum absolute atomic E-state index is 9.36. The lowest BCUT2D eigenvalue weighted by Crippen LogP contribution is -2.17. The van der Waals surface area contributed by atoms with Gasteiger partial charge in [-0.25, -0.2) is 0 Å². The zero-order valence-electron chi connectivity index (χ0n) is 12.4. The van der Waals surface area contributed by atoms with Crippen LogP contribution in [0.1, 0.15) is 0 Å². The number of rotatable bonds is 0. The Morgan fingerprint density at radius 1 is 0.708 bits per heavy atom. The molecule has 0 aliphatic rings. The first-order chi connectivity index (χ1) is 11.8. The van der Waals surface area contributed by atoms with E-state index in [1.165, 1.54) is 0 Å². The number of nitrogens with zero attached hydrogens (tertiary/aromatic N) is 4. The summed E-state index contributed by atoms with van der Waals surface area (Å²) >= 11 is 0. The second-order valence-corrected chi connectivity index (χ2v) is 4.99. The Balaban J connectivity index is 2.95. The smallest absolute Gasteiger partial charge is 0.192 e. The molecule has 0 heterocycles. The van der Waals surface area contributed by atoms with Crippen molar-refractivity contribution in [3.05, 3.63) is 81.8 Å². The summed E-state index contributed by atoms with van der Waals surface area (Å²) in [6.07, 6.45) is 0. The Labute approximate surface area is 138 Å². The van der Waals surface area contributed by atoms with Crippen LogP contribution in [0.15, 0.2) is 48.5 Å². The highest BCUT2D eigenvalue weighted by molar-refractivity contribution is 6.04. The van der Waals surface area contributed by atoms with Crippen LogP contribution in [-0.2, 0) is 0 Å². The molecule has 0 saturated carbocycles. The Bertz CT molecular complexity index is 1090. The van der Waals surface area contributed by atoms with Crippen molar-refractivity contribution >= 4 is 32.9 Å². The third-order valence-corrected chi connectivity index (χ3v) is 3.84. The third kappa shape index (κ3) is 2.05. The Hall–Kier alpha value is -4.12. The lowest BCUT2D eigenvalue weighted by Gasteiger charge is -2.06. The highest BCUT2D eigenvalue weighted by Crippen LogP contribution is 2.17. The largest absolute Gasteiger partial charge is 0.527 e. The van der Waals surface area contributed by atoms with Crippen molar-refractivity contribution in [3.63, 3.8) is 0 Å². The van der Waals surface area contributed by atoms with E-state index in [-0.39, 0.29) is 11.4 Å². The van der Waals surface area contributed by atoms with Gasteiger partial charge in [-0.15, -0.1) is 0 Å². The summed E-state index contributed by atoms with van der Waals surface area (Å²) < 4.78 is 0. The standard InChI is InChI=1S/C20H8N4/c1-23-20(24-2)19-16-9-5-3-7-14(16)18(13(11-21)12-22)15-8-4-6-10-17(15)19/h3-10H. The summed E-state index contributed by atoms with van der Waals surface area (Å²) in [6, 6.07) is 18.4. The van der Waals surface area contributed by atoms with E-state index in [0.29, 0.717) is 32.0 Å². The molecule has 0 aromatic heterocycles. The highest BCUT2D eigenvalue weighted by Gasteiger charge is 2.15. The van der Waals surface area contributed by atoms with Crippen LogP contribution in [0.3, 0.4) is 0 Å². The van der Waals surface area contributed by atoms with E-state index in [1.807, 2.05) is 48.5 Å². The first-order valence-corrected chi connectivity index (χ1v) is 7.00. The monoisotopic (exact) mass is 304 g/mol. The van der Waals surface area contributed by atoms with Crippen molar-refractivity contribution in [2.24, 2.45) is 0 Å². The molecule has 0 atom stereocenters. The number of benzene rings is 3. The number of hydrogen-bond acceptors (Lipinski definition) is 2. The molecule has 108 valence electrons. The van der Waals surface area contributed by atoms with Crippen molar-refractivity contribution < 1.29 is 0 Å². The number of hydrogen-bond donors (Lipinski definition) is 0. The lowest BCUT2D eigenvalue weighted by atomic mass is 9.95. The molecule has 4 heteroatoms. The molecule has 0 N–H and O–H groups in total. The number of fused-ring (bicyclic) bond motifs is 2. The molecule has 3 rings (SSSR count). The van der Waals surface area contributed by atoms with E-state index < -0.39 is 0 Å². The summed E-state index contributed by atoms with van der Waals surface area (Å²) in [7, 11) is 0. The van der Waals surface area contributed by atoms with Gasteiger partial charge < -0.3 is 0 Å². The van der Waals surface area contributed by atoms with Gasteiger partial charge >= 0.3 is 5.82 Å². The van der Waals surface area contributed by atoms with Gasteiger partial charge in [-0.2, -0.15) is 20.2 Å². The molecule has 3 aromatic rings. The minimum Gasteiger partial charge on any atom is -0.192 e. The van der Waals surface area contributed by atoms with Crippen LogP contribution in [0.25, 0.3) is 42.6 Å². The fraction of sp³-hybridized carbons (Fsp3) is 0. The summed E-state index contributed by atoms with van der Waals surface area (Å²) in [4.78, 5) is 6.74. The van der Waals surface area contributed by atoms with Crippen LogP contribution in [-0.4, -0.2) is 0 Å². The van der Waals surface area contributed by atoms with Gasteiger partial charge in [-0.3, -0.25) is 0 Å². The molecule has 0 aliphatic heterocycles. The van der Waals surface area contributed by atoms with E-state index in [9.17, 15) is 10.5 Å². The summed E-state index contributed by atoms with van der Waals surface area (Å²) in [5.74, 6) is -0.0237. The van der Waals surface area contributed by atoms with E-state index >= 15 is 0 Å². The molecular formula is C20H8N4. The average Bonchev–Trinajstić information content (AvgIpc) is 2.64. The van der Waals surface area contributed by atoms with Crippen LogP contribution in [0.4, 0.5) is 0 Å². The number of nitriles is 2. The molecule has 0 fully saturated rings. The van der Waals surface area contributed by atoms with Gasteiger partial charge in [0.2, 0.25) is 0 Å². The minimum atomic E-state index is -0.0237. The van der Waals surface area contributed by atoms with Crippen molar-refractivity contribution in [3.8, 4) is 12.1 Å². The Morgan fingerprint density at radius 3 is 1.42 bits per heavy atom. The molecule has 0 spiro atoms. The van der Waals surface area contributed by atoms with Crippen molar-refractivity contribution in [2.45, 2.75) is 0 Å². The Kier molecular flexibility index (Phi) is 3.66. The van der Waals surface area contributed by atoms with Crippen molar-refractivity contribution in [1.82, 2.24) is 0 Å². The molecule has 24 heavy (non-hydrogen) atoms. The summed E-state index contributed by atoms with van der Waals surface area (Å²) in [5.41, 5.74) is 0.0149. The molecule has 0 saturated heterocycles. The molecule has 3 aromatic carbocycles. The maximum atomic E-state index is 9.36. The zero-order valence-corrected chi connectivity index (χ0v) is 12.4. The van der Waals surface area contributed by atoms with E-state index in [0.717, 1.165) is 0 Å². The molecule has 4 nitrogen and oxygen atoms in total. The predicted octanol–water partition coefficient (Wildman–Crippen LogP) is 3.10. The first-order valence-electron chi connectivity index (χ1n) is 7.00. The van der Waals surface area contributed by atoms with Crippen molar-refractivity contribution in [2.75, 3.05) is 0 Å². The minimum absolute atomic E-state index is 0.0149. The van der Waals surface area contributed by atoms with Gasteiger partial charge in [0.05, 0.1) is 5.22 Å². The first kappa shape index (κ1) is 14.8. The molecule has 0 bridgehead atoms. The van der Waals surface area contributed by atoms with Crippen LogP contribution < -0.4 is 10.4 Å². The normalized spacial score (nSPS) is 9.50. The van der Waals surface area contributed by atoms with Gasteiger partial charge in [-0.05, 0) is 21.5 Å². The van der Waals surface area contributed by atoms with Gasteiger partial charge in [-0.1, -0.05) is 48.5 Å². The van der Waals surface area contributed by atoms with E-state index in [1.54, 1.807) is 12.1 Å². The van der Waals surface area contributed by atoms with E-state index in [2.05, 4.69) is 9.69 Å². The lowest BCUT2D eigenvalue weighted by molar-refractivity contribution is 1.50. The molecule has 0 unspecified atom stereocenters. The van der Waals surface area contributed by atoms with Crippen LogP contribution in [0.2, 0.25) is 0 Å². The second kappa shape index (κ2) is 5.94. The van der Waals surface area contributed by atoms with Crippen LogP contribution in [0, 0.1) is 35.8 Å². The van der Waals surface area contributed by atoms with Gasteiger partial charge in [0.1, 0.15) is 30.9 Å². The molecule has 0 radical (unpaired) electrons. The third-order valence-electron chi connectivity index (χ3n) is 3.84. The summed E-state index contributed by atoms with van der Waals surface area (Å²) in [6.45, 7) is 14.6. The molecule has 0 aliphatic carbocycles. The summed E-state index contributed by atoms with van der Waals surface area (Å²) in [5, 5.41) is 22.6. The van der Waals surface area contributed by atoms with Gasteiger partial charge in [0.15, 0.2) is 0 Å². The molecule has 0 amide bonds. The van der Waals surface area contributed by atoms with E-state index in [4.69, 9.17) is 13.1 Å². The van der Waals surface area contributed by atoms with Crippen LogP contribution >= 0.6 is 0 Å². The average molecular weight is 304 g/mol.